The molecule has 4 aromatic rings. The third-order valence-electron chi connectivity index (χ3n) is 6.35. The van der Waals surface area contributed by atoms with Crippen molar-refractivity contribution in [1.82, 2.24) is 39.7 Å². The smallest absolute Gasteiger partial charge is 0.254 e. The Morgan fingerprint density at radius 2 is 1.92 bits per heavy atom. The zero-order chi connectivity index (χ0) is 26.3. The molecule has 0 saturated carbocycles. The average molecular weight is 515 g/mol. The molecule has 11 nitrogen and oxygen atoms in total. The molecule has 0 spiro atoms. The Hall–Kier alpha value is -4.22. The van der Waals surface area contributed by atoms with Crippen molar-refractivity contribution in [3.8, 4) is 17.1 Å². The maximum absolute atomic E-state index is 12.5. The van der Waals surface area contributed by atoms with Crippen molar-refractivity contribution in [3.63, 3.8) is 0 Å². The number of amides is 1. The number of hydrogen-bond acceptors (Lipinski definition) is 8. The van der Waals surface area contributed by atoms with E-state index in [2.05, 4.69) is 30.4 Å². The van der Waals surface area contributed by atoms with Gasteiger partial charge in [0.15, 0.2) is 5.82 Å². The molecule has 1 fully saturated rings. The van der Waals surface area contributed by atoms with Gasteiger partial charge in [0.05, 0.1) is 31.2 Å². The van der Waals surface area contributed by atoms with Crippen LogP contribution in [0.15, 0.2) is 66.1 Å². The van der Waals surface area contributed by atoms with E-state index in [4.69, 9.17) is 4.74 Å². The van der Waals surface area contributed by atoms with Crippen LogP contribution in [0.2, 0.25) is 0 Å². The number of nitrogens with zero attached hydrogens (tertiary/aromatic N) is 7. The molecule has 1 N–H and O–H groups in total. The lowest BCUT2D eigenvalue weighted by atomic mass is 10.1. The molecule has 1 aromatic carbocycles. The van der Waals surface area contributed by atoms with Gasteiger partial charge in [-0.2, -0.15) is 10.2 Å². The first kappa shape index (κ1) is 25.4. The summed E-state index contributed by atoms with van der Waals surface area (Å²) in [6.45, 7) is 4.95. The van der Waals surface area contributed by atoms with E-state index in [1.807, 2.05) is 37.5 Å². The zero-order valence-electron chi connectivity index (χ0n) is 21.3. The largest absolute Gasteiger partial charge is 0.379 e. The normalized spacial score (nSPS) is 13.9. The molecule has 11 heteroatoms. The molecule has 1 aliphatic rings. The fraction of sp³-hybridized carbons (Fsp3) is 0.333. The quantitative estimate of drug-likeness (QED) is 0.334. The Morgan fingerprint density at radius 1 is 1.11 bits per heavy atom. The Labute approximate surface area is 220 Å². The number of carbonyl (C=O) groups is 1. The standard InChI is InChI=1S/C27H30N8O3/c1-33-19-23(18-31-33)35-9-6-25(36)24(32-35)15-20-4-2-5-21(14-20)26-29-16-22(17-30-26)27(37)28-7-3-8-34-10-12-38-13-11-34/h2,4-6,9,14,16-19H,3,7-8,10-13,15H2,1H3,(H,28,37). The van der Waals surface area contributed by atoms with Gasteiger partial charge in [-0.05, 0) is 24.6 Å². The Kier molecular flexibility index (Phi) is 7.95. The summed E-state index contributed by atoms with van der Waals surface area (Å²) in [4.78, 5) is 36.1. The number of ether oxygens (including phenoxy) is 1. The van der Waals surface area contributed by atoms with E-state index in [0.29, 0.717) is 30.0 Å². The molecule has 0 aliphatic carbocycles. The van der Waals surface area contributed by atoms with Crippen molar-refractivity contribution < 1.29 is 9.53 Å². The van der Waals surface area contributed by atoms with Gasteiger partial charge in [-0.1, -0.05) is 18.2 Å². The van der Waals surface area contributed by atoms with E-state index < -0.39 is 0 Å². The summed E-state index contributed by atoms with van der Waals surface area (Å²) in [7, 11) is 1.83. The topological polar surface area (TPSA) is 120 Å². The first-order chi connectivity index (χ1) is 18.5. The second kappa shape index (κ2) is 11.9. The van der Waals surface area contributed by atoms with Crippen LogP contribution in [-0.2, 0) is 18.2 Å². The van der Waals surface area contributed by atoms with Crippen molar-refractivity contribution in [2.24, 2.45) is 7.05 Å². The third-order valence-corrected chi connectivity index (χ3v) is 6.35. The molecule has 196 valence electrons. The lowest BCUT2D eigenvalue weighted by Crippen LogP contribution is -2.38. The number of carbonyl (C=O) groups excluding carboxylic acids is 1. The van der Waals surface area contributed by atoms with Crippen molar-refractivity contribution in [1.29, 1.82) is 0 Å². The van der Waals surface area contributed by atoms with Gasteiger partial charge in [0, 0.05) is 63.3 Å². The number of aryl methyl sites for hydroxylation is 1. The second-order valence-corrected chi connectivity index (χ2v) is 9.18. The van der Waals surface area contributed by atoms with Crippen LogP contribution in [0.5, 0.6) is 0 Å². The Bertz CT molecular complexity index is 1440. The van der Waals surface area contributed by atoms with Gasteiger partial charge in [0.2, 0.25) is 5.43 Å². The molecule has 1 saturated heterocycles. The molecular weight excluding hydrogens is 484 g/mol. The summed E-state index contributed by atoms with van der Waals surface area (Å²) in [5.41, 5.74) is 3.19. The van der Waals surface area contributed by atoms with Gasteiger partial charge in [0.1, 0.15) is 11.4 Å². The summed E-state index contributed by atoms with van der Waals surface area (Å²) in [5.74, 6) is 0.317. The molecule has 0 unspecified atom stereocenters. The van der Waals surface area contributed by atoms with Gasteiger partial charge in [-0.3, -0.25) is 19.2 Å². The van der Waals surface area contributed by atoms with Gasteiger partial charge in [-0.15, -0.1) is 0 Å². The molecule has 0 radical (unpaired) electrons. The minimum Gasteiger partial charge on any atom is -0.379 e. The molecule has 0 bridgehead atoms. The summed E-state index contributed by atoms with van der Waals surface area (Å²) in [6, 6.07) is 9.17. The number of hydrogen-bond donors (Lipinski definition) is 1. The highest BCUT2D eigenvalue weighted by Crippen LogP contribution is 2.18. The SMILES string of the molecule is Cn1cc(-n2ccc(=O)c(Cc3cccc(-c4ncc(C(=O)NCCCN5CCOCC5)cn4)c3)n2)cn1. The molecule has 4 heterocycles. The highest BCUT2D eigenvalue weighted by atomic mass is 16.5. The van der Waals surface area contributed by atoms with E-state index in [1.54, 1.807) is 21.8 Å². The molecule has 1 amide bonds. The minimum absolute atomic E-state index is 0.132. The van der Waals surface area contributed by atoms with Crippen LogP contribution in [0.25, 0.3) is 17.1 Å². The molecular formula is C27H30N8O3. The van der Waals surface area contributed by atoms with Gasteiger partial charge < -0.3 is 10.1 Å². The van der Waals surface area contributed by atoms with Crippen molar-refractivity contribution in [2.45, 2.75) is 12.8 Å². The van der Waals surface area contributed by atoms with E-state index in [0.717, 1.165) is 56.1 Å². The van der Waals surface area contributed by atoms with E-state index >= 15 is 0 Å². The number of rotatable bonds is 9. The van der Waals surface area contributed by atoms with Crippen LogP contribution >= 0.6 is 0 Å². The maximum atomic E-state index is 12.5. The second-order valence-electron chi connectivity index (χ2n) is 9.18. The molecule has 0 atom stereocenters. The summed E-state index contributed by atoms with van der Waals surface area (Å²) >= 11 is 0. The monoisotopic (exact) mass is 514 g/mol. The lowest BCUT2D eigenvalue weighted by molar-refractivity contribution is 0.0374. The van der Waals surface area contributed by atoms with Crippen molar-refractivity contribution in [3.05, 3.63) is 88.4 Å². The number of aromatic nitrogens is 6. The number of morpholine rings is 1. The third kappa shape index (κ3) is 6.36. The number of nitrogens with one attached hydrogen (secondary N) is 1. The fourth-order valence-corrected chi connectivity index (χ4v) is 4.28. The lowest BCUT2D eigenvalue weighted by Gasteiger charge is -2.26. The van der Waals surface area contributed by atoms with Crippen LogP contribution < -0.4 is 10.7 Å². The first-order valence-electron chi connectivity index (χ1n) is 12.6. The summed E-state index contributed by atoms with van der Waals surface area (Å²) < 4.78 is 8.68. The minimum atomic E-state index is -0.188. The van der Waals surface area contributed by atoms with Crippen LogP contribution in [0.1, 0.15) is 28.0 Å². The van der Waals surface area contributed by atoms with Gasteiger partial charge in [-0.25, -0.2) is 14.6 Å². The first-order valence-corrected chi connectivity index (χ1v) is 12.6. The Balaban J connectivity index is 1.20. The predicted molar refractivity (Wildman–Crippen MR) is 141 cm³/mol. The molecule has 5 rings (SSSR count). The van der Waals surface area contributed by atoms with Crippen LogP contribution in [0.3, 0.4) is 0 Å². The van der Waals surface area contributed by atoms with Gasteiger partial charge >= 0.3 is 0 Å². The van der Waals surface area contributed by atoms with Gasteiger partial charge in [0.25, 0.3) is 5.91 Å². The zero-order valence-corrected chi connectivity index (χ0v) is 21.3. The summed E-state index contributed by atoms with van der Waals surface area (Å²) in [6.07, 6.45) is 9.47. The molecule has 3 aromatic heterocycles. The molecule has 38 heavy (non-hydrogen) atoms. The van der Waals surface area contributed by atoms with Crippen molar-refractivity contribution >= 4 is 5.91 Å². The summed E-state index contributed by atoms with van der Waals surface area (Å²) in [5, 5.41) is 11.6. The Morgan fingerprint density at radius 3 is 2.68 bits per heavy atom. The highest BCUT2D eigenvalue weighted by molar-refractivity contribution is 5.93. The van der Waals surface area contributed by atoms with Crippen LogP contribution in [0.4, 0.5) is 0 Å². The van der Waals surface area contributed by atoms with Crippen LogP contribution in [0, 0.1) is 0 Å². The van der Waals surface area contributed by atoms with E-state index in [1.165, 1.54) is 18.5 Å². The highest BCUT2D eigenvalue weighted by Gasteiger charge is 2.12. The fourth-order valence-electron chi connectivity index (χ4n) is 4.28. The van der Waals surface area contributed by atoms with Crippen molar-refractivity contribution in [2.75, 3.05) is 39.4 Å². The van der Waals surface area contributed by atoms with Crippen LogP contribution in [-0.4, -0.2) is 79.7 Å². The maximum Gasteiger partial charge on any atom is 0.254 e. The number of benzene rings is 1. The predicted octanol–water partition coefficient (Wildman–Crippen LogP) is 1.47. The van der Waals surface area contributed by atoms with E-state index in [-0.39, 0.29) is 11.3 Å². The average Bonchev–Trinajstić information content (AvgIpc) is 3.39. The molecule has 1 aliphatic heterocycles. The van der Waals surface area contributed by atoms with E-state index in [9.17, 15) is 9.59 Å².